The Hall–Kier alpha value is -2.82. The van der Waals surface area contributed by atoms with E-state index in [1.54, 1.807) is 31.2 Å². The summed E-state index contributed by atoms with van der Waals surface area (Å²) in [7, 11) is 0. The second kappa shape index (κ2) is 20.1. The van der Waals surface area contributed by atoms with Gasteiger partial charge in [-0.25, -0.2) is 9.59 Å². The fourth-order valence-electron chi connectivity index (χ4n) is 4.79. The molecule has 0 aliphatic rings. The maximum absolute atomic E-state index is 12.7. The maximum atomic E-state index is 12.7. The molecule has 0 saturated heterocycles. The van der Waals surface area contributed by atoms with Gasteiger partial charge in [-0.2, -0.15) is 0 Å². The molecular formula is C34H50O5. The number of carbonyl (C=O) groups excluding carboxylic acids is 2. The van der Waals surface area contributed by atoms with Crippen molar-refractivity contribution in [2.45, 2.75) is 124 Å². The van der Waals surface area contributed by atoms with Gasteiger partial charge in [-0.3, -0.25) is 0 Å². The zero-order valence-electron chi connectivity index (χ0n) is 24.6. The van der Waals surface area contributed by atoms with E-state index in [-0.39, 0.29) is 17.9 Å². The number of unbranched alkanes of at least 4 members (excludes halogenated alkanes) is 12. The molecule has 0 unspecified atom stereocenters. The summed E-state index contributed by atoms with van der Waals surface area (Å²) in [5, 5.41) is 0. The molecular weight excluding hydrogens is 488 g/mol. The van der Waals surface area contributed by atoms with E-state index in [1.807, 2.05) is 12.1 Å². The molecule has 2 rings (SSSR count). The van der Waals surface area contributed by atoms with E-state index in [0.717, 1.165) is 25.7 Å². The molecule has 0 saturated carbocycles. The number of rotatable bonds is 20. The Kier molecular flexibility index (Phi) is 16.7. The van der Waals surface area contributed by atoms with E-state index >= 15 is 0 Å². The number of esters is 1. The molecule has 0 spiro atoms. The molecule has 5 heteroatoms. The van der Waals surface area contributed by atoms with Crippen LogP contribution in [0.2, 0.25) is 0 Å². The Morgan fingerprint density at radius 2 is 1.13 bits per heavy atom. The average Bonchev–Trinajstić information content (AvgIpc) is 2.92. The van der Waals surface area contributed by atoms with Crippen molar-refractivity contribution in [2.24, 2.45) is 0 Å². The van der Waals surface area contributed by atoms with Crippen molar-refractivity contribution in [3.05, 3.63) is 59.2 Å². The van der Waals surface area contributed by atoms with Crippen LogP contribution in [0, 0.1) is 0 Å². The van der Waals surface area contributed by atoms with Crippen molar-refractivity contribution < 1.29 is 23.8 Å². The molecule has 0 aliphatic heterocycles. The standard InChI is InChI=1S/C34H50O5/c1-4-7-9-11-13-15-17-21-28-25-29(22-18-16-14-12-10-8-5-2)27-30(26-28)38-34(36)39-32-24-20-19-23-31(32)33(35)37-6-3/h19-20,23-27H,4-18,21-22H2,1-3H3. The first kappa shape index (κ1) is 32.4. The van der Waals surface area contributed by atoms with Gasteiger partial charge in [-0.1, -0.05) is 109 Å². The average molecular weight is 539 g/mol. The third-order valence-electron chi connectivity index (χ3n) is 6.94. The maximum Gasteiger partial charge on any atom is 0.519 e. The number of benzene rings is 2. The SMILES string of the molecule is CCCCCCCCCc1cc(CCCCCCCCC)cc(OC(=O)Oc2ccccc2C(=O)OCC)c1. The van der Waals surface area contributed by atoms with E-state index in [4.69, 9.17) is 14.2 Å². The van der Waals surface area contributed by atoms with E-state index in [0.29, 0.717) is 5.75 Å². The Morgan fingerprint density at radius 3 is 1.67 bits per heavy atom. The predicted octanol–water partition coefficient (Wildman–Crippen LogP) is 10.0. The first-order valence-corrected chi connectivity index (χ1v) is 15.4. The predicted molar refractivity (Wildman–Crippen MR) is 159 cm³/mol. The fraction of sp³-hybridized carbons (Fsp3) is 0.588. The Balaban J connectivity index is 2.01. The quantitative estimate of drug-likeness (QED) is 0.0953. The van der Waals surface area contributed by atoms with Gasteiger partial charge in [0, 0.05) is 0 Å². The van der Waals surface area contributed by atoms with Crippen LogP contribution in [0.25, 0.3) is 0 Å². The summed E-state index contributed by atoms with van der Waals surface area (Å²) in [6.45, 7) is 6.46. The second-order valence-electron chi connectivity index (χ2n) is 10.4. The molecule has 0 bridgehead atoms. The Bertz CT molecular complexity index is 932. The van der Waals surface area contributed by atoms with Gasteiger partial charge in [0.2, 0.25) is 0 Å². The van der Waals surface area contributed by atoms with Crippen LogP contribution in [-0.4, -0.2) is 18.7 Å². The highest BCUT2D eigenvalue weighted by molar-refractivity contribution is 5.93. The molecule has 0 aliphatic carbocycles. The van der Waals surface area contributed by atoms with Crippen LogP contribution in [0.1, 0.15) is 132 Å². The van der Waals surface area contributed by atoms with Gasteiger partial charge >= 0.3 is 12.1 Å². The number of para-hydroxylation sites is 1. The summed E-state index contributed by atoms with van der Waals surface area (Å²) in [5.41, 5.74) is 2.58. The Morgan fingerprint density at radius 1 is 0.615 bits per heavy atom. The van der Waals surface area contributed by atoms with Crippen LogP contribution in [0.15, 0.2) is 42.5 Å². The van der Waals surface area contributed by atoms with Gasteiger partial charge in [-0.15, -0.1) is 0 Å². The number of ether oxygens (including phenoxy) is 3. The van der Waals surface area contributed by atoms with E-state index in [9.17, 15) is 9.59 Å². The highest BCUT2D eigenvalue weighted by atomic mass is 16.7. The molecule has 216 valence electrons. The topological polar surface area (TPSA) is 61.8 Å². The molecule has 0 amide bonds. The van der Waals surface area contributed by atoms with Crippen molar-refractivity contribution in [3.8, 4) is 11.5 Å². The second-order valence-corrected chi connectivity index (χ2v) is 10.4. The van der Waals surface area contributed by atoms with Crippen molar-refractivity contribution in [1.29, 1.82) is 0 Å². The molecule has 0 heterocycles. The first-order chi connectivity index (χ1) is 19.1. The highest BCUT2D eigenvalue weighted by Crippen LogP contribution is 2.24. The fourth-order valence-corrected chi connectivity index (χ4v) is 4.79. The van der Waals surface area contributed by atoms with E-state index in [2.05, 4.69) is 19.9 Å². The lowest BCUT2D eigenvalue weighted by molar-refractivity contribution is 0.0522. The zero-order valence-corrected chi connectivity index (χ0v) is 24.6. The molecule has 0 N–H and O–H groups in total. The van der Waals surface area contributed by atoms with Gasteiger partial charge in [0.15, 0.2) is 0 Å². The van der Waals surface area contributed by atoms with E-state index in [1.165, 1.54) is 88.2 Å². The molecule has 0 fully saturated rings. The smallest absolute Gasteiger partial charge is 0.462 e. The van der Waals surface area contributed by atoms with Crippen LogP contribution in [-0.2, 0) is 17.6 Å². The van der Waals surface area contributed by atoms with Gasteiger partial charge in [0.05, 0.1) is 6.61 Å². The summed E-state index contributed by atoms with van der Waals surface area (Å²) < 4.78 is 16.1. The number of hydrogen-bond acceptors (Lipinski definition) is 5. The van der Waals surface area contributed by atoms with Crippen molar-refractivity contribution in [2.75, 3.05) is 6.61 Å². The normalized spacial score (nSPS) is 10.8. The third kappa shape index (κ3) is 13.7. The van der Waals surface area contributed by atoms with Crippen LogP contribution in [0.5, 0.6) is 11.5 Å². The Labute approximate surface area is 236 Å². The summed E-state index contributed by atoms with van der Waals surface area (Å²) in [4.78, 5) is 24.9. The van der Waals surface area contributed by atoms with Crippen molar-refractivity contribution in [1.82, 2.24) is 0 Å². The molecule has 5 nitrogen and oxygen atoms in total. The largest absolute Gasteiger partial charge is 0.519 e. The molecule has 2 aromatic carbocycles. The highest BCUT2D eigenvalue weighted by Gasteiger charge is 2.17. The summed E-state index contributed by atoms with van der Waals surface area (Å²) in [5.74, 6) is 0.0880. The lowest BCUT2D eigenvalue weighted by Gasteiger charge is -2.12. The molecule has 0 aromatic heterocycles. The van der Waals surface area contributed by atoms with E-state index < -0.39 is 12.1 Å². The number of carbonyl (C=O) groups is 2. The number of hydrogen-bond donors (Lipinski definition) is 0. The minimum absolute atomic E-state index is 0.128. The lowest BCUT2D eigenvalue weighted by Crippen LogP contribution is -2.16. The molecule has 0 atom stereocenters. The molecule has 2 aromatic rings. The first-order valence-electron chi connectivity index (χ1n) is 15.4. The van der Waals surface area contributed by atoms with Gasteiger partial charge in [-0.05, 0) is 68.0 Å². The molecule has 39 heavy (non-hydrogen) atoms. The van der Waals surface area contributed by atoms with Crippen LogP contribution in [0.3, 0.4) is 0 Å². The van der Waals surface area contributed by atoms with Crippen molar-refractivity contribution in [3.63, 3.8) is 0 Å². The van der Waals surface area contributed by atoms with Crippen LogP contribution in [0.4, 0.5) is 4.79 Å². The number of aryl methyl sites for hydroxylation is 2. The van der Waals surface area contributed by atoms with Gasteiger partial charge < -0.3 is 14.2 Å². The lowest BCUT2D eigenvalue weighted by atomic mass is 9.99. The molecule has 0 radical (unpaired) electrons. The van der Waals surface area contributed by atoms with Crippen molar-refractivity contribution >= 4 is 12.1 Å². The monoisotopic (exact) mass is 538 g/mol. The third-order valence-corrected chi connectivity index (χ3v) is 6.94. The van der Waals surface area contributed by atoms with Crippen LogP contribution >= 0.6 is 0 Å². The minimum Gasteiger partial charge on any atom is -0.462 e. The van der Waals surface area contributed by atoms with Crippen LogP contribution < -0.4 is 9.47 Å². The summed E-state index contributed by atoms with van der Waals surface area (Å²) >= 11 is 0. The zero-order chi connectivity index (χ0) is 28.1. The van der Waals surface area contributed by atoms with Gasteiger partial charge in [0.25, 0.3) is 0 Å². The summed E-state index contributed by atoms with van der Waals surface area (Å²) in [6, 6.07) is 12.7. The minimum atomic E-state index is -0.860. The summed E-state index contributed by atoms with van der Waals surface area (Å²) in [6.07, 6.45) is 18.7. The van der Waals surface area contributed by atoms with Gasteiger partial charge in [0.1, 0.15) is 17.1 Å².